The molecule has 284 valence electrons. The standard InChI is InChI=1S/C46H47N5O4Si/c1-32-38(39-19-13-21-41(33(39)2)51-45(54)43-25-23-35(31-52)30-49-43)18-12-20-40(32)50-44(53)42-24-22-34(29-48-42)28-47-26-27-55-56(46(3,4)5,36-14-8-6-9-15-36)37-16-10-7-11-17-37/h6-25,29-31,47H,26-28H2,1-5H3,(H,50,53)(H,51,54). The van der Waals surface area contributed by atoms with Crippen LogP contribution in [0.25, 0.3) is 11.1 Å². The molecular formula is C46H47N5O4Si. The van der Waals surface area contributed by atoms with Gasteiger partial charge in [0.25, 0.3) is 20.1 Å². The van der Waals surface area contributed by atoms with Crippen molar-refractivity contribution in [3.05, 3.63) is 167 Å². The van der Waals surface area contributed by atoms with Crippen LogP contribution in [0.15, 0.2) is 134 Å². The van der Waals surface area contributed by atoms with Gasteiger partial charge < -0.3 is 20.4 Å². The molecular weight excluding hydrogens is 715 g/mol. The molecule has 0 spiro atoms. The van der Waals surface area contributed by atoms with Gasteiger partial charge in [0, 0.05) is 49.0 Å². The van der Waals surface area contributed by atoms with E-state index in [0.717, 1.165) is 27.8 Å². The fourth-order valence-corrected chi connectivity index (χ4v) is 11.6. The third kappa shape index (κ3) is 8.73. The average Bonchev–Trinajstić information content (AvgIpc) is 3.21. The van der Waals surface area contributed by atoms with Gasteiger partial charge in [-0.05, 0) is 87.4 Å². The summed E-state index contributed by atoms with van der Waals surface area (Å²) < 4.78 is 6.99. The van der Waals surface area contributed by atoms with Crippen molar-refractivity contribution in [2.75, 3.05) is 23.8 Å². The first kappa shape index (κ1) is 39.6. The molecule has 6 rings (SSSR count). The molecule has 0 saturated carbocycles. The number of carbonyl (C=O) groups excluding carboxylic acids is 3. The topological polar surface area (TPSA) is 122 Å². The quantitative estimate of drug-likeness (QED) is 0.0590. The highest BCUT2D eigenvalue weighted by molar-refractivity contribution is 6.99. The molecule has 2 heterocycles. The van der Waals surface area contributed by atoms with Crippen molar-refractivity contribution in [1.82, 2.24) is 15.3 Å². The molecule has 0 atom stereocenters. The highest BCUT2D eigenvalue weighted by atomic mass is 28.4. The molecule has 2 aromatic heterocycles. The minimum Gasteiger partial charge on any atom is -0.406 e. The maximum Gasteiger partial charge on any atom is 0.274 e. The summed E-state index contributed by atoms with van der Waals surface area (Å²) in [5.41, 5.74) is 6.72. The minimum atomic E-state index is -2.61. The van der Waals surface area contributed by atoms with Crippen molar-refractivity contribution in [1.29, 1.82) is 0 Å². The van der Waals surface area contributed by atoms with Crippen LogP contribution in [0, 0.1) is 13.8 Å². The van der Waals surface area contributed by atoms with Gasteiger partial charge in [0.2, 0.25) is 0 Å². The molecule has 0 aliphatic carbocycles. The lowest BCUT2D eigenvalue weighted by atomic mass is 9.94. The van der Waals surface area contributed by atoms with Crippen LogP contribution < -0.4 is 26.3 Å². The number of hydrogen-bond donors (Lipinski definition) is 3. The van der Waals surface area contributed by atoms with Crippen molar-refractivity contribution in [3.8, 4) is 11.1 Å². The maximum absolute atomic E-state index is 13.4. The summed E-state index contributed by atoms with van der Waals surface area (Å²) in [4.78, 5) is 45.8. The first-order valence-electron chi connectivity index (χ1n) is 18.7. The first-order valence-corrected chi connectivity index (χ1v) is 20.6. The van der Waals surface area contributed by atoms with E-state index in [-0.39, 0.29) is 22.5 Å². The summed E-state index contributed by atoms with van der Waals surface area (Å²) in [6.45, 7) is 12.5. The largest absolute Gasteiger partial charge is 0.406 e. The second-order valence-corrected chi connectivity index (χ2v) is 19.0. The maximum atomic E-state index is 13.4. The monoisotopic (exact) mass is 761 g/mol. The number of anilines is 2. The van der Waals surface area contributed by atoms with E-state index in [2.05, 4.69) is 95.2 Å². The third-order valence-corrected chi connectivity index (χ3v) is 15.1. The number of benzene rings is 4. The Hall–Kier alpha value is -6.07. The Kier molecular flexibility index (Phi) is 12.4. The zero-order chi connectivity index (χ0) is 39.7. The van der Waals surface area contributed by atoms with E-state index in [0.29, 0.717) is 48.6 Å². The van der Waals surface area contributed by atoms with Gasteiger partial charge in [0.15, 0.2) is 6.29 Å². The Bertz CT molecular complexity index is 2250. The Morgan fingerprint density at radius 1 is 0.661 bits per heavy atom. The molecule has 0 unspecified atom stereocenters. The summed E-state index contributed by atoms with van der Waals surface area (Å²) in [6.07, 6.45) is 3.77. The number of nitrogens with one attached hydrogen (secondary N) is 3. The molecule has 56 heavy (non-hydrogen) atoms. The predicted molar refractivity (Wildman–Crippen MR) is 226 cm³/mol. The molecule has 0 fully saturated rings. The summed E-state index contributed by atoms with van der Waals surface area (Å²) in [7, 11) is -2.61. The fraction of sp³-hybridized carbons (Fsp3) is 0.196. The van der Waals surface area contributed by atoms with Crippen LogP contribution in [-0.4, -0.2) is 49.5 Å². The second kappa shape index (κ2) is 17.6. The Balaban J connectivity index is 1.07. The fourth-order valence-electron chi connectivity index (χ4n) is 7.04. The van der Waals surface area contributed by atoms with E-state index < -0.39 is 8.32 Å². The van der Waals surface area contributed by atoms with Crippen LogP contribution in [0.3, 0.4) is 0 Å². The third-order valence-electron chi connectivity index (χ3n) is 10.0. The molecule has 0 saturated heterocycles. The van der Waals surface area contributed by atoms with Gasteiger partial charge in [-0.15, -0.1) is 0 Å². The summed E-state index contributed by atoms with van der Waals surface area (Å²) >= 11 is 0. The van der Waals surface area contributed by atoms with Crippen molar-refractivity contribution in [3.63, 3.8) is 0 Å². The minimum absolute atomic E-state index is 0.0920. The predicted octanol–water partition coefficient (Wildman–Crippen LogP) is 7.74. The second-order valence-electron chi connectivity index (χ2n) is 14.7. The zero-order valence-corrected chi connectivity index (χ0v) is 33.4. The highest BCUT2D eigenvalue weighted by Gasteiger charge is 2.50. The Labute approximate surface area is 329 Å². The van der Waals surface area contributed by atoms with E-state index in [9.17, 15) is 14.4 Å². The molecule has 0 aliphatic heterocycles. The number of aldehydes is 1. The molecule has 10 heteroatoms. The normalized spacial score (nSPS) is 11.5. The van der Waals surface area contributed by atoms with Gasteiger partial charge in [-0.3, -0.25) is 24.4 Å². The van der Waals surface area contributed by atoms with Crippen molar-refractivity contribution >= 4 is 48.2 Å². The van der Waals surface area contributed by atoms with Gasteiger partial charge >= 0.3 is 0 Å². The molecule has 9 nitrogen and oxygen atoms in total. The number of nitrogens with zero attached hydrogens (tertiary/aromatic N) is 2. The van der Waals surface area contributed by atoms with Gasteiger partial charge in [-0.2, -0.15) is 0 Å². The van der Waals surface area contributed by atoms with Crippen molar-refractivity contribution in [2.45, 2.75) is 46.2 Å². The van der Waals surface area contributed by atoms with Crippen molar-refractivity contribution < 1.29 is 18.8 Å². The van der Waals surface area contributed by atoms with Crippen LogP contribution in [0.2, 0.25) is 5.04 Å². The lowest BCUT2D eigenvalue weighted by molar-refractivity contribution is 0.101. The highest BCUT2D eigenvalue weighted by Crippen LogP contribution is 2.37. The van der Waals surface area contributed by atoms with Gasteiger partial charge in [0.05, 0.1) is 0 Å². The number of carbonyl (C=O) groups is 3. The first-order chi connectivity index (χ1) is 27.0. The molecule has 3 N–H and O–H groups in total. The van der Waals surface area contributed by atoms with E-state index in [1.807, 2.05) is 68.4 Å². The SMILES string of the molecule is Cc1c(NC(=O)c2ccc(C=O)cn2)cccc1-c1cccc(NC(=O)c2ccc(CNCCO[Si](c3ccccc3)(c3ccccc3)C(C)(C)C)cn2)c1C. The lowest BCUT2D eigenvalue weighted by Crippen LogP contribution is -2.66. The number of rotatable bonds is 14. The van der Waals surface area contributed by atoms with Gasteiger partial charge in [-0.25, -0.2) is 0 Å². The molecule has 4 aromatic carbocycles. The van der Waals surface area contributed by atoms with Crippen LogP contribution >= 0.6 is 0 Å². The van der Waals surface area contributed by atoms with Gasteiger partial charge in [-0.1, -0.05) is 112 Å². The number of hydrogen-bond acceptors (Lipinski definition) is 7. The smallest absolute Gasteiger partial charge is 0.274 e. The average molecular weight is 762 g/mol. The zero-order valence-electron chi connectivity index (χ0n) is 32.4. The number of aromatic nitrogens is 2. The number of pyridine rings is 2. The summed E-state index contributed by atoms with van der Waals surface area (Å²) in [6, 6.07) is 39.4. The van der Waals surface area contributed by atoms with Gasteiger partial charge in [0.1, 0.15) is 11.4 Å². The number of amides is 2. The summed E-state index contributed by atoms with van der Waals surface area (Å²) in [5, 5.41) is 11.9. The molecule has 0 radical (unpaired) electrons. The molecule has 0 bridgehead atoms. The molecule has 6 aromatic rings. The summed E-state index contributed by atoms with van der Waals surface area (Å²) in [5.74, 6) is -0.690. The van der Waals surface area contributed by atoms with Crippen LogP contribution in [0.4, 0.5) is 11.4 Å². The van der Waals surface area contributed by atoms with Crippen LogP contribution in [0.1, 0.15) is 68.8 Å². The van der Waals surface area contributed by atoms with Crippen LogP contribution in [0.5, 0.6) is 0 Å². The van der Waals surface area contributed by atoms with Crippen molar-refractivity contribution in [2.24, 2.45) is 0 Å². The van der Waals surface area contributed by atoms with Crippen LogP contribution in [-0.2, 0) is 11.0 Å². The van der Waals surface area contributed by atoms with E-state index in [4.69, 9.17) is 4.43 Å². The Morgan fingerprint density at radius 2 is 1.18 bits per heavy atom. The van der Waals surface area contributed by atoms with E-state index >= 15 is 0 Å². The lowest BCUT2D eigenvalue weighted by Gasteiger charge is -2.43. The Morgan fingerprint density at radius 3 is 1.62 bits per heavy atom. The molecule has 2 amide bonds. The van der Waals surface area contributed by atoms with E-state index in [1.165, 1.54) is 22.6 Å². The molecule has 0 aliphatic rings. The van der Waals surface area contributed by atoms with E-state index in [1.54, 1.807) is 18.3 Å².